The van der Waals surface area contributed by atoms with Gasteiger partial charge in [0.25, 0.3) is 0 Å². The number of fused-ring (bicyclic) bond motifs is 1. The zero-order valence-corrected chi connectivity index (χ0v) is 28.6. The van der Waals surface area contributed by atoms with Gasteiger partial charge >= 0.3 is 12.3 Å². The molecule has 49 heavy (non-hydrogen) atoms. The number of nitrogens with one attached hydrogen (secondary N) is 1. The topological polar surface area (TPSA) is 140 Å². The van der Waals surface area contributed by atoms with Gasteiger partial charge in [0, 0.05) is 23.4 Å². The van der Waals surface area contributed by atoms with Gasteiger partial charge in [-0.05, 0) is 67.0 Å². The number of amides is 1. The molecule has 2 aromatic heterocycles. The van der Waals surface area contributed by atoms with Gasteiger partial charge < -0.3 is 16.2 Å². The van der Waals surface area contributed by atoms with Gasteiger partial charge in [-0.1, -0.05) is 44.4 Å². The minimum atomic E-state index is -4.72. The van der Waals surface area contributed by atoms with E-state index in [4.69, 9.17) is 17.3 Å². The van der Waals surface area contributed by atoms with E-state index in [9.17, 15) is 40.3 Å². The highest BCUT2D eigenvalue weighted by Crippen LogP contribution is 2.40. The molecule has 2 atom stereocenters. The van der Waals surface area contributed by atoms with Gasteiger partial charge in [-0.2, -0.15) is 18.3 Å². The number of alkyl halides is 3. The van der Waals surface area contributed by atoms with Crippen LogP contribution in [0.1, 0.15) is 57.1 Å². The van der Waals surface area contributed by atoms with E-state index < -0.39 is 56.5 Å². The Bertz CT molecular complexity index is 2080. The van der Waals surface area contributed by atoms with Gasteiger partial charge in [-0.25, -0.2) is 27.0 Å². The monoisotopic (exact) mass is 725 g/mol. The maximum absolute atomic E-state index is 14.2. The Morgan fingerprint density at radius 2 is 1.67 bits per heavy atom. The molecule has 0 spiro atoms. The van der Waals surface area contributed by atoms with Crippen molar-refractivity contribution in [1.29, 1.82) is 0 Å². The lowest BCUT2D eigenvalue weighted by Gasteiger charge is -2.29. The third-order valence-corrected chi connectivity index (χ3v) is 9.74. The van der Waals surface area contributed by atoms with Crippen molar-refractivity contribution in [3.8, 4) is 23.0 Å². The standard InChI is InChI=1S/C33H33ClF5N5O4S/c1-31(2,3)16-32(4,49(5,47)48)11-10-21-6-7-22(23-8-9-24(34)26-28(23)44(43-29(26)40)17-33(37,38)39)27(41-21)25(42-30(45)46)14-18-12-19(35)15-20(36)13-18/h6-9,12-13,15,25,42H,14,16-17H2,1-5H3,(H2,40,43)(H,45,46)/t25-,32?/m0/s1. The van der Waals surface area contributed by atoms with Crippen LogP contribution in [0.5, 0.6) is 0 Å². The van der Waals surface area contributed by atoms with E-state index in [-0.39, 0.29) is 62.7 Å². The lowest BCUT2D eigenvalue weighted by atomic mass is 9.85. The van der Waals surface area contributed by atoms with Gasteiger partial charge in [-0.3, -0.25) is 4.68 Å². The van der Waals surface area contributed by atoms with Gasteiger partial charge in [0.2, 0.25) is 0 Å². The van der Waals surface area contributed by atoms with Crippen molar-refractivity contribution >= 4 is 44.3 Å². The van der Waals surface area contributed by atoms with E-state index in [0.717, 1.165) is 18.4 Å². The van der Waals surface area contributed by atoms with Crippen LogP contribution in [-0.2, 0) is 22.8 Å². The molecule has 4 N–H and O–H groups in total. The van der Waals surface area contributed by atoms with E-state index in [2.05, 4.69) is 27.2 Å². The number of benzene rings is 2. The molecule has 4 rings (SSSR count). The number of anilines is 1. The quantitative estimate of drug-likeness (QED) is 0.128. The second-order valence-corrected chi connectivity index (χ2v) is 15.9. The number of nitrogen functional groups attached to an aromatic ring is 1. The number of pyridine rings is 1. The number of carboxylic acid groups (broad SMARTS) is 1. The van der Waals surface area contributed by atoms with Crippen LogP contribution in [0.4, 0.5) is 32.6 Å². The van der Waals surface area contributed by atoms with Crippen molar-refractivity contribution in [2.24, 2.45) is 5.41 Å². The predicted molar refractivity (Wildman–Crippen MR) is 177 cm³/mol. The Hall–Kier alpha value is -4.42. The highest BCUT2D eigenvalue weighted by atomic mass is 35.5. The van der Waals surface area contributed by atoms with Crippen LogP contribution in [-0.4, -0.2) is 51.6 Å². The van der Waals surface area contributed by atoms with E-state index in [1.165, 1.54) is 31.2 Å². The molecule has 0 aliphatic heterocycles. The largest absolute Gasteiger partial charge is 0.465 e. The van der Waals surface area contributed by atoms with E-state index in [0.29, 0.717) is 10.7 Å². The third kappa shape index (κ3) is 8.98. The lowest BCUT2D eigenvalue weighted by Crippen LogP contribution is -2.37. The first-order valence-corrected chi connectivity index (χ1v) is 16.9. The highest BCUT2D eigenvalue weighted by molar-refractivity contribution is 7.92. The first-order valence-electron chi connectivity index (χ1n) is 14.7. The Kier molecular flexibility index (Phi) is 10.3. The summed E-state index contributed by atoms with van der Waals surface area (Å²) in [5.41, 5.74) is 5.49. The van der Waals surface area contributed by atoms with Crippen molar-refractivity contribution in [2.45, 2.75) is 64.0 Å². The van der Waals surface area contributed by atoms with Crippen LogP contribution >= 0.6 is 11.6 Å². The third-order valence-electron chi connectivity index (χ3n) is 7.54. The van der Waals surface area contributed by atoms with E-state index in [1.807, 2.05) is 20.8 Å². The van der Waals surface area contributed by atoms with E-state index >= 15 is 0 Å². The number of hydrogen-bond donors (Lipinski definition) is 3. The average Bonchev–Trinajstić information content (AvgIpc) is 3.24. The first kappa shape index (κ1) is 37.4. The molecule has 9 nitrogen and oxygen atoms in total. The summed E-state index contributed by atoms with van der Waals surface area (Å²) in [6.07, 6.45) is -5.42. The number of hydrogen-bond acceptors (Lipinski definition) is 6. The Balaban J connectivity index is 2.04. The van der Waals surface area contributed by atoms with Crippen LogP contribution in [0, 0.1) is 28.9 Å². The normalized spacial score (nSPS) is 14.2. The van der Waals surface area contributed by atoms with E-state index in [1.54, 1.807) is 0 Å². The van der Waals surface area contributed by atoms with Crippen LogP contribution in [0.3, 0.4) is 0 Å². The predicted octanol–water partition coefficient (Wildman–Crippen LogP) is 7.32. The summed E-state index contributed by atoms with van der Waals surface area (Å²) in [5.74, 6) is 3.43. The lowest BCUT2D eigenvalue weighted by molar-refractivity contribution is -0.141. The van der Waals surface area contributed by atoms with Gasteiger partial charge in [0.1, 0.15) is 28.6 Å². The molecule has 0 aliphatic rings. The summed E-state index contributed by atoms with van der Waals surface area (Å²) in [6, 6.07) is 6.83. The Morgan fingerprint density at radius 1 is 1.06 bits per heavy atom. The van der Waals surface area contributed by atoms with Crippen molar-refractivity contribution in [1.82, 2.24) is 20.1 Å². The fraction of sp³-hybridized carbons (Fsp3) is 0.364. The minimum Gasteiger partial charge on any atom is -0.465 e. The van der Waals surface area contributed by atoms with Gasteiger partial charge in [-0.15, -0.1) is 0 Å². The summed E-state index contributed by atoms with van der Waals surface area (Å²) >= 11 is 6.35. The van der Waals surface area contributed by atoms with Crippen LogP contribution in [0.15, 0.2) is 42.5 Å². The fourth-order valence-corrected chi connectivity index (χ4v) is 6.83. The Morgan fingerprint density at radius 3 is 2.22 bits per heavy atom. The number of sulfone groups is 1. The molecule has 0 saturated heterocycles. The molecule has 1 unspecified atom stereocenters. The molecule has 0 radical (unpaired) electrons. The molecule has 262 valence electrons. The molecule has 1 amide bonds. The molecule has 0 bridgehead atoms. The minimum absolute atomic E-state index is 0.000667. The summed E-state index contributed by atoms with van der Waals surface area (Å²) in [4.78, 5) is 16.6. The molecule has 0 fully saturated rings. The zero-order valence-electron chi connectivity index (χ0n) is 27.0. The number of halogens is 6. The van der Waals surface area contributed by atoms with Crippen molar-refractivity contribution < 1.29 is 40.3 Å². The van der Waals surface area contributed by atoms with Crippen molar-refractivity contribution in [2.75, 3.05) is 12.0 Å². The number of nitrogens with zero attached hydrogens (tertiary/aromatic N) is 3. The number of rotatable bonds is 8. The Labute approximate surface area is 284 Å². The SMILES string of the molecule is CC(C)(C)CC(C)(C#Cc1ccc(-c2ccc(Cl)c3c(N)nn(CC(F)(F)F)c23)c([C@H](Cc2cc(F)cc(F)c2)NC(=O)O)n1)S(C)(=O)=O. The molecule has 2 aromatic carbocycles. The van der Waals surface area contributed by atoms with Crippen LogP contribution in [0.2, 0.25) is 5.02 Å². The summed E-state index contributed by atoms with van der Waals surface area (Å²) < 4.78 is 94.1. The summed E-state index contributed by atoms with van der Waals surface area (Å²) in [5, 5.41) is 15.9. The molecular weight excluding hydrogens is 693 g/mol. The maximum Gasteiger partial charge on any atom is 0.408 e. The summed E-state index contributed by atoms with van der Waals surface area (Å²) in [7, 11) is -3.74. The molecule has 2 heterocycles. The van der Waals surface area contributed by atoms with Crippen LogP contribution < -0.4 is 11.1 Å². The smallest absolute Gasteiger partial charge is 0.408 e. The van der Waals surface area contributed by atoms with Crippen molar-refractivity contribution in [3.63, 3.8) is 0 Å². The zero-order chi connectivity index (χ0) is 36.7. The van der Waals surface area contributed by atoms with Crippen molar-refractivity contribution in [3.05, 3.63) is 76.1 Å². The first-order chi connectivity index (χ1) is 22.5. The molecule has 0 aliphatic carbocycles. The highest BCUT2D eigenvalue weighted by Gasteiger charge is 2.38. The molecule has 16 heteroatoms. The molecular formula is C33H33ClF5N5O4S. The fourth-order valence-electron chi connectivity index (χ4n) is 5.65. The second-order valence-electron chi connectivity index (χ2n) is 13.1. The van der Waals surface area contributed by atoms with Gasteiger partial charge in [0.15, 0.2) is 15.7 Å². The maximum atomic E-state index is 14.2. The van der Waals surface area contributed by atoms with Crippen LogP contribution in [0.25, 0.3) is 22.0 Å². The second kappa shape index (κ2) is 13.5. The number of nitrogens with two attached hydrogens (primary N) is 1. The summed E-state index contributed by atoms with van der Waals surface area (Å²) in [6.45, 7) is 5.48. The number of aromatic nitrogens is 3. The van der Waals surface area contributed by atoms with Gasteiger partial charge in [0.05, 0.1) is 27.7 Å². The molecule has 0 saturated carbocycles. The number of carbonyl (C=O) groups is 1. The molecule has 4 aromatic rings. The average molecular weight is 726 g/mol.